The Labute approximate surface area is 155 Å². The lowest BCUT2D eigenvalue weighted by Gasteiger charge is -2.15. The van der Waals surface area contributed by atoms with Crippen molar-refractivity contribution in [2.24, 2.45) is 0 Å². The molecule has 0 spiro atoms. The highest BCUT2D eigenvalue weighted by atomic mass is 32.2. The Bertz CT molecular complexity index is 970. The lowest BCUT2D eigenvalue weighted by molar-refractivity contribution is -0.123. The van der Waals surface area contributed by atoms with Crippen molar-refractivity contribution in [1.82, 2.24) is 9.84 Å². The second-order valence-corrected chi connectivity index (χ2v) is 8.68. The number of sulfonamides is 1. The first-order valence-corrected chi connectivity index (χ1v) is 10.00. The zero-order valence-corrected chi connectivity index (χ0v) is 15.6. The van der Waals surface area contributed by atoms with E-state index in [4.69, 9.17) is 12.2 Å². The molecule has 0 aromatic heterocycles. The average Bonchev–Trinajstić information content (AvgIpc) is 2.83. The Balaban J connectivity index is 1.85. The Morgan fingerprint density at radius 2 is 1.84 bits per heavy atom. The molecule has 5 nitrogen and oxygen atoms in total. The summed E-state index contributed by atoms with van der Waals surface area (Å²) in [4.78, 5) is 15.2. The lowest BCUT2D eigenvalue weighted by atomic mass is 10.1. The van der Waals surface area contributed by atoms with E-state index in [1.54, 1.807) is 24.3 Å². The van der Waals surface area contributed by atoms with Crippen molar-refractivity contribution < 1.29 is 13.2 Å². The lowest BCUT2D eigenvalue weighted by Crippen LogP contribution is -2.44. The van der Waals surface area contributed by atoms with Crippen LogP contribution in [0.25, 0.3) is 6.08 Å². The number of aryl methyl sites for hydroxylation is 1. The molecule has 3 rings (SSSR count). The zero-order valence-electron chi connectivity index (χ0n) is 13.2. The summed E-state index contributed by atoms with van der Waals surface area (Å²) in [7, 11) is -3.89. The number of rotatable bonds is 4. The number of hydrogen-bond acceptors (Lipinski definition) is 5. The van der Waals surface area contributed by atoms with Crippen molar-refractivity contribution in [3.8, 4) is 0 Å². The van der Waals surface area contributed by atoms with Gasteiger partial charge in [-0.2, -0.15) is 0 Å². The smallest absolute Gasteiger partial charge is 0.267 e. The minimum absolute atomic E-state index is 0.0618. The first kappa shape index (κ1) is 17.8. The fraction of sp³-hybridized carbons (Fsp3) is 0.0588. The van der Waals surface area contributed by atoms with E-state index in [9.17, 15) is 13.2 Å². The summed E-state index contributed by atoms with van der Waals surface area (Å²) in [6, 6.07) is 15.5. The van der Waals surface area contributed by atoms with Crippen LogP contribution in [0, 0.1) is 6.92 Å². The van der Waals surface area contributed by atoms with Gasteiger partial charge in [0.2, 0.25) is 0 Å². The summed E-state index contributed by atoms with van der Waals surface area (Å²) in [5.74, 6) is -0.490. The van der Waals surface area contributed by atoms with Gasteiger partial charge in [-0.05, 0) is 30.7 Å². The number of hydrogen-bond donors (Lipinski definition) is 1. The maximum atomic E-state index is 12.5. The molecular weight excluding hydrogens is 376 g/mol. The second kappa shape index (κ2) is 7.09. The van der Waals surface area contributed by atoms with E-state index in [0.29, 0.717) is 4.91 Å². The Morgan fingerprint density at radius 3 is 2.52 bits per heavy atom. The number of amides is 1. The standard InChI is InChI=1S/C17H14N2O3S3/c1-12-6-5-7-13(10-12)11-15-16(20)19(17(23)24-15)18-25(21,22)14-8-3-2-4-9-14/h2-11,18H,1H3/b15-11+. The monoisotopic (exact) mass is 390 g/mol. The van der Waals surface area contributed by atoms with Crippen LogP contribution in [0.4, 0.5) is 0 Å². The van der Waals surface area contributed by atoms with Crippen LogP contribution in [0.2, 0.25) is 0 Å². The zero-order chi connectivity index (χ0) is 18.0. The van der Waals surface area contributed by atoms with Gasteiger partial charge >= 0.3 is 0 Å². The summed E-state index contributed by atoms with van der Waals surface area (Å²) >= 11 is 6.22. The molecule has 1 saturated heterocycles. The second-order valence-electron chi connectivity index (χ2n) is 5.34. The van der Waals surface area contributed by atoms with E-state index in [1.165, 1.54) is 12.1 Å². The third kappa shape index (κ3) is 3.98. The molecule has 0 saturated carbocycles. The van der Waals surface area contributed by atoms with Crippen LogP contribution in [0.3, 0.4) is 0 Å². The van der Waals surface area contributed by atoms with Gasteiger partial charge in [-0.15, -0.1) is 4.83 Å². The van der Waals surface area contributed by atoms with Crippen LogP contribution < -0.4 is 4.83 Å². The number of hydrazine groups is 1. The third-order valence-electron chi connectivity index (χ3n) is 3.40. The summed E-state index contributed by atoms with van der Waals surface area (Å²) in [5.41, 5.74) is 1.92. The maximum Gasteiger partial charge on any atom is 0.281 e. The topological polar surface area (TPSA) is 66.5 Å². The minimum atomic E-state index is -3.89. The van der Waals surface area contributed by atoms with Gasteiger partial charge in [0.1, 0.15) is 0 Å². The molecule has 0 aliphatic carbocycles. The molecule has 1 fully saturated rings. The third-order valence-corrected chi connectivity index (χ3v) is 6.02. The summed E-state index contributed by atoms with van der Waals surface area (Å²) in [5, 5.41) is 0.893. The van der Waals surface area contributed by atoms with Crippen LogP contribution in [0.5, 0.6) is 0 Å². The van der Waals surface area contributed by atoms with Gasteiger partial charge < -0.3 is 0 Å². The van der Waals surface area contributed by atoms with Gasteiger partial charge in [0.05, 0.1) is 9.80 Å². The molecule has 0 radical (unpaired) electrons. The largest absolute Gasteiger partial charge is 0.281 e. The predicted molar refractivity (Wildman–Crippen MR) is 103 cm³/mol. The number of thiocarbonyl (C=S) groups is 1. The van der Waals surface area contributed by atoms with E-state index >= 15 is 0 Å². The normalized spacial score (nSPS) is 16.7. The minimum Gasteiger partial charge on any atom is -0.267 e. The molecule has 0 atom stereocenters. The van der Waals surface area contributed by atoms with Gasteiger partial charge in [-0.1, -0.05) is 72.0 Å². The number of nitrogens with one attached hydrogen (secondary N) is 1. The van der Waals surface area contributed by atoms with Crippen LogP contribution >= 0.6 is 24.0 Å². The molecule has 8 heteroatoms. The Hall–Kier alpha value is -2.00. The average molecular weight is 391 g/mol. The van der Waals surface area contributed by atoms with E-state index in [2.05, 4.69) is 4.83 Å². The molecular formula is C17H14N2O3S3. The maximum absolute atomic E-state index is 12.5. The van der Waals surface area contributed by atoms with Crippen molar-refractivity contribution in [3.05, 3.63) is 70.6 Å². The molecule has 2 aromatic rings. The van der Waals surface area contributed by atoms with Crippen LogP contribution in [0.1, 0.15) is 11.1 Å². The fourth-order valence-electron chi connectivity index (χ4n) is 2.23. The number of nitrogens with zero attached hydrogens (tertiary/aromatic N) is 1. The molecule has 1 heterocycles. The van der Waals surface area contributed by atoms with Crippen molar-refractivity contribution in [2.45, 2.75) is 11.8 Å². The van der Waals surface area contributed by atoms with Crippen molar-refractivity contribution >= 4 is 50.3 Å². The first-order valence-electron chi connectivity index (χ1n) is 7.29. The molecule has 128 valence electrons. The molecule has 1 aliphatic heterocycles. The Morgan fingerprint density at radius 1 is 1.12 bits per heavy atom. The van der Waals surface area contributed by atoms with Crippen molar-refractivity contribution in [3.63, 3.8) is 0 Å². The summed E-state index contributed by atoms with van der Waals surface area (Å²) in [6.07, 6.45) is 1.70. The quantitative estimate of drug-likeness (QED) is 0.642. The number of carbonyl (C=O) groups excluding carboxylic acids is 1. The summed E-state index contributed by atoms with van der Waals surface area (Å²) in [6.45, 7) is 1.95. The van der Waals surface area contributed by atoms with Crippen LogP contribution in [0.15, 0.2) is 64.4 Å². The first-order chi connectivity index (χ1) is 11.9. The molecule has 0 bridgehead atoms. The molecule has 1 aliphatic rings. The summed E-state index contributed by atoms with van der Waals surface area (Å²) < 4.78 is 24.9. The van der Waals surface area contributed by atoms with Crippen molar-refractivity contribution in [2.75, 3.05) is 0 Å². The van der Waals surface area contributed by atoms with Gasteiger partial charge in [0.15, 0.2) is 4.32 Å². The number of carbonyl (C=O) groups is 1. The number of benzene rings is 2. The van der Waals surface area contributed by atoms with E-state index < -0.39 is 15.9 Å². The SMILES string of the molecule is Cc1cccc(/C=C2/SC(=S)N(NS(=O)(=O)c3ccccc3)C2=O)c1. The van der Waals surface area contributed by atoms with Crippen LogP contribution in [-0.4, -0.2) is 23.7 Å². The van der Waals surface area contributed by atoms with Crippen molar-refractivity contribution in [1.29, 1.82) is 0 Å². The van der Waals surface area contributed by atoms with Gasteiger partial charge in [0, 0.05) is 0 Å². The highest BCUT2D eigenvalue weighted by Gasteiger charge is 2.35. The van der Waals surface area contributed by atoms with E-state index in [-0.39, 0.29) is 9.22 Å². The van der Waals surface area contributed by atoms with E-state index in [0.717, 1.165) is 27.9 Å². The van der Waals surface area contributed by atoms with Gasteiger partial charge in [-0.25, -0.2) is 13.4 Å². The number of thioether (sulfide) groups is 1. The van der Waals surface area contributed by atoms with E-state index in [1.807, 2.05) is 31.2 Å². The predicted octanol–water partition coefficient (Wildman–Crippen LogP) is 3.09. The molecule has 0 unspecified atom stereocenters. The van der Waals surface area contributed by atoms with Gasteiger partial charge in [-0.3, -0.25) is 4.79 Å². The van der Waals surface area contributed by atoms with Crippen LogP contribution in [-0.2, 0) is 14.8 Å². The fourth-order valence-corrected chi connectivity index (χ4v) is 4.56. The highest BCUT2D eigenvalue weighted by Crippen LogP contribution is 2.32. The highest BCUT2D eigenvalue weighted by molar-refractivity contribution is 8.26. The molecule has 25 heavy (non-hydrogen) atoms. The molecule has 1 amide bonds. The van der Waals surface area contributed by atoms with Gasteiger partial charge in [0.25, 0.3) is 15.9 Å². The molecule has 1 N–H and O–H groups in total. The molecule has 2 aromatic carbocycles. The Kier molecular flexibility index (Phi) is 5.05.